The maximum atomic E-state index is 14.0. The summed E-state index contributed by atoms with van der Waals surface area (Å²) in [5.74, 6) is 0.697. The predicted molar refractivity (Wildman–Crippen MR) is 263 cm³/mol. The molecule has 7 aromatic rings. The van der Waals surface area contributed by atoms with E-state index in [4.69, 9.17) is 18.9 Å². The molecular weight excluding hydrogens is 819 g/mol. The summed E-state index contributed by atoms with van der Waals surface area (Å²) in [6, 6.07) is 45.7. The molecule has 66 heavy (non-hydrogen) atoms. The number of hydrogen-bond acceptors (Lipinski definition) is 7. The molecule has 7 aromatic carbocycles. The van der Waals surface area contributed by atoms with Crippen LogP contribution in [-0.4, -0.2) is 32.1 Å². The Balaban J connectivity index is 0.997. The lowest BCUT2D eigenvalue weighted by Gasteiger charge is -2.38. The molecule has 1 fully saturated rings. The summed E-state index contributed by atoms with van der Waals surface area (Å²) in [5, 5.41) is 1.73. The lowest BCUT2D eigenvalue weighted by Crippen LogP contribution is -2.35. The van der Waals surface area contributed by atoms with Crippen LogP contribution in [0.5, 0.6) is 23.0 Å². The van der Waals surface area contributed by atoms with Gasteiger partial charge in [-0.25, -0.2) is 9.59 Å². The van der Waals surface area contributed by atoms with Crippen LogP contribution in [-0.2, 0) is 17.4 Å². The Morgan fingerprint density at radius 2 is 1.33 bits per heavy atom. The molecule has 0 saturated carbocycles. The van der Waals surface area contributed by atoms with E-state index in [9.17, 15) is 9.59 Å². The summed E-state index contributed by atoms with van der Waals surface area (Å²) in [5.41, 5.74) is 9.50. The zero-order valence-corrected chi connectivity index (χ0v) is 38.2. The highest BCUT2D eigenvalue weighted by Gasteiger charge is 2.44. The summed E-state index contributed by atoms with van der Waals surface area (Å²) < 4.78 is 25.5. The van der Waals surface area contributed by atoms with Crippen molar-refractivity contribution >= 4 is 34.5 Å². The second-order valence-corrected chi connectivity index (χ2v) is 18.3. The molecule has 10 rings (SSSR count). The van der Waals surface area contributed by atoms with Crippen molar-refractivity contribution in [2.24, 2.45) is 0 Å². The highest BCUT2D eigenvalue weighted by molar-refractivity contribution is 6.10. The number of anilines is 1. The minimum Gasteiger partial charge on any atom is -0.493 e. The van der Waals surface area contributed by atoms with Crippen molar-refractivity contribution < 1.29 is 28.5 Å². The Bertz CT molecular complexity index is 2970. The largest absolute Gasteiger partial charge is 0.493 e. The number of rotatable bonds is 13. The molecule has 1 aliphatic carbocycles. The van der Waals surface area contributed by atoms with E-state index in [0.717, 1.165) is 75.8 Å². The Morgan fingerprint density at radius 3 is 2.05 bits per heavy atom. The van der Waals surface area contributed by atoms with Crippen LogP contribution in [0.1, 0.15) is 113 Å². The number of unbranched alkanes of at least 4 members (excludes halogenated alkanes) is 3. The van der Waals surface area contributed by atoms with Crippen LogP contribution in [0.2, 0.25) is 0 Å². The molecule has 0 aromatic heterocycles. The van der Waals surface area contributed by atoms with Gasteiger partial charge in [-0.05, 0) is 126 Å². The average molecular weight is 874 g/mol. The zero-order valence-electron chi connectivity index (χ0n) is 38.2. The number of carbonyl (C=O) groups excluding carboxylic acids is 2. The second-order valence-electron chi connectivity index (χ2n) is 18.3. The summed E-state index contributed by atoms with van der Waals surface area (Å²) in [4.78, 5) is 29.5. The number of benzene rings is 7. The topological polar surface area (TPSA) is 74.3 Å². The van der Waals surface area contributed by atoms with Gasteiger partial charge in [-0.2, -0.15) is 0 Å². The standard InChI is InChI=1S/C59H55NO6/c1-5-6-7-9-16-39-21-23-40(24-22-39)56(61)64-45-31-25-41(26-32-45)57(62)65-52-37-48-49(38-51(52)63-4)55-47(54-53(48)46-19-12-13-20-50(46)58(54,2)3)33-34-59(66-55,42-17-10-8-11-18-42)43-27-29-44(30-28-43)60-35-14-15-36-60/h8,10-13,17-34,37-38H,5-7,9,14-16,35-36H2,1-4H3. The second kappa shape index (κ2) is 17.7. The van der Waals surface area contributed by atoms with E-state index in [-0.39, 0.29) is 11.2 Å². The molecule has 1 saturated heterocycles. The van der Waals surface area contributed by atoms with Crippen LogP contribution in [0.4, 0.5) is 5.69 Å². The molecule has 7 nitrogen and oxygen atoms in total. The Hall–Kier alpha value is -7.12. The highest BCUT2D eigenvalue weighted by Crippen LogP contribution is 2.59. The van der Waals surface area contributed by atoms with Crippen molar-refractivity contribution in [3.63, 3.8) is 0 Å². The van der Waals surface area contributed by atoms with Gasteiger partial charge in [0, 0.05) is 46.3 Å². The number of nitrogens with zero attached hydrogens (tertiary/aromatic N) is 1. The number of esters is 2. The first-order valence-electron chi connectivity index (χ1n) is 23.4. The molecule has 0 bridgehead atoms. The Kier molecular flexibility index (Phi) is 11.5. The van der Waals surface area contributed by atoms with E-state index < -0.39 is 17.5 Å². The van der Waals surface area contributed by atoms with Crippen LogP contribution < -0.4 is 23.8 Å². The van der Waals surface area contributed by atoms with Crippen molar-refractivity contribution in [1.82, 2.24) is 0 Å². The van der Waals surface area contributed by atoms with E-state index in [2.05, 4.69) is 111 Å². The number of hydrogen-bond donors (Lipinski definition) is 0. The fourth-order valence-electron chi connectivity index (χ4n) is 10.3. The van der Waals surface area contributed by atoms with Gasteiger partial charge in [0.2, 0.25) is 0 Å². The first kappa shape index (κ1) is 42.8. The molecule has 3 aliphatic rings. The summed E-state index contributed by atoms with van der Waals surface area (Å²) in [6.07, 6.45) is 12.6. The van der Waals surface area contributed by atoms with Crippen LogP contribution in [0.15, 0.2) is 146 Å². The minimum absolute atomic E-state index is 0.279. The van der Waals surface area contributed by atoms with Crippen molar-refractivity contribution in [2.75, 3.05) is 25.1 Å². The molecule has 1 unspecified atom stereocenters. The number of carbonyl (C=O) groups is 2. The number of aryl methyl sites for hydroxylation is 1. The normalized spacial score (nSPS) is 16.6. The monoisotopic (exact) mass is 873 g/mol. The zero-order chi connectivity index (χ0) is 45.4. The van der Waals surface area contributed by atoms with Gasteiger partial charge in [0.15, 0.2) is 17.1 Å². The average Bonchev–Trinajstić information content (AvgIpc) is 3.98. The minimum atomic E-state index is -0.939. The van der Waals surface area contributed by atoms with Gasteiger partial charge in [-0.15, -0.1) is 0 Å². The third-order valence-electron chi connectivity index (χ3n) is 13.8. The molecule has 2 aliphatic heterocycles. The van der Waals surface area contributed by atoms with E-state index in [0.29, 0.717) is 22.6 Å². The van der Waals surface area contributed by atoms with Crippen molar-refractivity contribution in [3.05, 3.63) is 190 Å². The van der Waals surface area contributed by atoms with E-state index >= 15 is 0 Å². The SMILES string of the molecule is CCCCCCc1ccc(C(=O)Oc2ccc(C(=O)Oc3cc4c5c(c6c(c4cc3OC)OC(c3ccccc3)(c3ccc(N4CCCC4)cc3)C=C6)C(C)(C)c3ccccc3-5)cc2)cc1. The van der Waals surface area contributed by atoms with Crippen molar-refractivity contribution in [3.8, 4) is 34.1 Å². The fraction of sp³-hybridized carbons (Fsp3) is 0.254. The van der Waals surface area contributed by atoms with Gasteiger partial charge >= 0.3 is 11.9 Å². The van der Waals surface area contributed by atoms with Gasteiger partial charge < -0.3 is 23.8 Å². The van der Waals surface area contributed by atoms with Crippen LogP contribution in [0, 0.1) is 0 Å². The molecule has 0 N–H and O–H groups in total. The maximum absolute atomic E-state index is 14.0. The van der Waals surface area contributed by atoms with Crippen LogP contribution in [0.3, 0.4) is 0 Å². The van der Waals surface area contributed by atoms with Gasteiger partial charge in [0.25, 0.3) is 0 Å². The molecule has 2 heterocycles. The molecule has 332 valence electrons. The summed E-state index contributed by atoms with van der Waals surface area (Å²) in [7, 11) is 1.58. The van der Waals surface area contributed by atoms with E-state index in [1.807, 2.05) is 30.3 Å². The number of ether oxygens (including phenoxy) is 4. The first-order chi connectivity index (χ1) is 32.2. The van der Waals surface area contributed by atoms with Crippen molar-refractivity contribution in [1.29, 1.82) is 0 Å². The van der Waals surface area contributed by atoms with Gasteiger partial charge in [0.05, 0.1) is 18.2 Å². The molecule has 0 spiro atoms. The molecule has 7 heteroatoms. The van der Waals surface area contributed by atoms with Crippen LogP contribution in [0.25, 0.3) is 28.0 Å². The predicted octanol–water partition coefficient (Wildman–Crippen LogP) is 13.7. The van der Waals surface area contributed by atoms with Gasteiger partial charge in [-0.3, -0.25) is 0 Å². The summed E-state index contributed by atoms with van der Waals surface area (Å²) in [6.45, 7) is 8.88. The lowest BCUT2D eigenvalue weighted by atomic mass is 9.76. The van der Waals surface area contributed by atoms with Crippen molar-refractivity contribution in [2.45, 2.75) is 76.7 Å². The third-order valence-corrected chi connectivity index (χ3v) is 13.8. The third kappa shape index (κ3) is 7.70. The summed E-state index contributed by atoms with van der Waals surface area (Å²) >= 11 is 0. The molecule has 0 radical (unpaired) electrons. The first-order valence-corrected chi connectivity index (χ1v) is 23.4. The number of methoxy groups -OCH3 is 1. The lowest BCUT2D eigenvalue weighted by molar-refractivity contribution is 0.0727. The maximum Gasteiger partial charge on any atom is 0.343 e. The van der Waals surface area contributed by atoms with E-state index in [1.54, 1.807) is 43.5 Å². The van der Waals surface area contributed by atoms with Gasteiger partial charge in [0.1, 0.15) is 11.5 Å². The Labute approximate surface area is 387 Å². The molecule has 1 atom stereocenters. The van der Waals surface area contributed by atoms with Crippen LogP contribution >= 0.6 is 0 Å². The van der Waals surface area contributed by atoms with E-state index in [1.165, 1.54) is 48.9 Å². The van der Waals surface area contributed by atoms with Gasteiger partial charge in [-0.1, -0.05) is 125 Å². The Morgan fingerprint density at radius 1 is 0.682 bits per heavy atom. The highest BCUT2D eigenvalue weighted by atomic mass is 16.6. The molecule has 0 amide bonds. The smallest absolute Gasteiger partial charge is 0.343 e. The molecular formula is C59H55NO6. The fourth-order valence-corrected chi connectivity index (χ4v) is 10.3. The quantitative estimate of drug-likeness (QED) is 0.0649. The number of fused-ring (bicyclic) bond motifs is 8.